The summed E-state index contributed by atoms with van der Waals surface area (Å²) in [5.74, 6) is 0.00829. The lowest BCUT2D eigenvalue weighted by molar-refractivity contribution is 0.0707. The van der Waals surface area contributed by atoms with Crippen LogP contribution in [-0.2, 0) is 0 Å². The molecule has 18 heavy (non-hydrogen) atoms. The van der Waals surface area contributed by atoms with Crippen molar-refractivity contribution in [2.24, 2.45) is 0 Å². The fourth-order valence-corrected chi connectivity index (χ4v) is 2.76. The maximum absolute atomic E-state index is 12.3. The summed E-state index contributed by atoms with van der Waals surface area (Å²) in [6, 6.07) is 5.48. The summed E-state index contributed by atoms with van der Waals surface area (Å²) < 4.78 is 0. The molecule has 1 aliphatic heterocycles. The first-order chi connectivity index (χ1) is 8.60. The van der Waals surface area contributed by atoms with Crippen LogP contribution in [0.25, 0.3) is 0 Å². The number of carbonyl (C=O) groups is 1. The highest BCUT2D eigenvalue weighted by Crippen LogP contribution is 2.21. The molecule has 0 spiro atoms. The van der Waals surface area contributed by atoms with Gasteiger partial charge in [0, 0.05) is 34.7 Å². The van der Waals surface area contributed by atoms with Crippen molar-refractivity contribution in [1.29, 1.82) is 0 Å². The van der Waals surface area contributed by atoms with E-state index in [1.54, 1.807) is 18.2 Å². The maximum Gasteiger partial charge on any atom is 0.253 e. The number of hydrogen-bond donors (Lipinski definition) is 1. The molecule has 3 nitrogen and oxygen atoms in total. The number of likely N-dealkylation sites (tertiary alicyclic amines) is 1. The highest BCUT2D eigenvalue weighted by molar-refractivity contribution is 6.35. The zero-order valence-corrected chi connectivity index (χ0v) is 11.8. The fraction of sp³-hybridized carbons (Fsp3) is 0.462. The minimum Gasteiger partial charge on any atom is -0.339 e. The van der Waals surface area contributed by atoms with E-state index in [0.29, 0.717) is 21.7 Å². The van der Waals surface area contributed by atoms with Gasteiger partial charge in [-0.25, -0.2) is 0 Å². The Kier molecular flexibility index (Phi) is 4.49. The summed E-state index contributed by atoms with van der Waals surface area (Å²) >= 11 is 11.8. The second-order valence-corrected chi connectivity index (χ2v) is 5.39. The van der Waals surface area contributed by atoms with E-state index in [2.05, 4.69) is 5.32 Å². The molecule has 2 rings (SSSR count). The van der Waals surface area contributed by atoms with Crippen LogP contribution in [-0.4, -0.2) is 37.0 Å². The first-order valence-electron chi connectivity index (χ1n) is 6.03. The number of rotatable bonds is 2. The molecule has 0 saturated carbocycles. The monoisotopic (exact) mass is 286 g/mol. The Bertz CT molecular complexity index is 422. The zero-order valence-electron chi connectivity index (χ0n) is 10.2. The Morgan fingerprint density at radius 3 is 2.28 bits per heavy atom. The minimum absolute atomic E-state index is 0.00829. The third-order valence-electron chi connectivity index (χ3n) is 3.30. The number of nitrogens with one attached hydrogen (secondary N) is 1. The van der Waals surface area contributed by atoms with Gasteiger partial charge in [0.25, 0.3) is 5.91 Å². The number of piperidine rings is 1. The molecule has 0 bridgehead atoms. The lowest BCUT2D eigenvalue weighted by Crippen LogP contribution is -2.43. The minimum atomic E-state index is 0.00829. The van der Waals surface area contributed by atoms with Gasteiger partial charge in [-0.1, -0.05) is 23.2 Å². The number of hydrogen-bond acceptors (Lipinski definition) is 2. The Morgan fingerprint density at radius 1 is 1.22 bits per heavy atom. The van der Waals surface area contributed by atoms with Gasteiger partial charge < -0.3 is 10.2 Å². The van der Waals surface area contributed by atoms with Crippen molar-refractivity contribution in [3.63, 3.8) is 0 Å². The van der Waals surface area contributed by atoms with Gasteiger partial charge >= 0.3 is 0 Å². The van der Waals surface area contributed by atoms with E-state index in [1.807, 2.05) is 11.9 Å². The van der Waals surface area contributed by atoms with Crippen LogP contribution in [0, 0.1) is 0 Å². The third-order valence-corrected chi connectivity index (χ3v) is 3.74. The lowest BCUT2D eigenvalue weighted by atomic mass is 10.0. The molecule has 0 atom stereocenters. The molecule has 0 aromatic heterocycles. The van der Waals surface area contributed by atoms with E-state index in [9.17, 15) is 4.79 Å². The quantitative estimate of drug-likeness (QED) is 0.907. The molecule has 1 saturated heterocycles. The van der Waals surface area contributed by atoms with Gasteiger partial charge in [-0.15, -0.1) is 0 Å². The van der Waals surface area contributed by atoms with E-state index in [1.165, 1.54) is 0 Å². The van der Waals surface area contributed by atoms with E-state index in [0.717, 1.165) is 25.9 Å². The van der Waals surface area contributed by atoms with Gasteiger partial charge in [-0.05, 0) is 38.1 Å². The standard InChI is InChI=1S/C13H16Cl2N2O/c1-16-12-2-4-17(5-3-12)13(18)9-6-10(14)8-11(15)7-9/h6-8,12,16H,2-5H2,1H3. The molecule has 0 radical (unpaired) electrons. The molecule has 98 valence electrons. The van der Waals surface area contributed by atoms with Crippen LogP contribution in [0.1, 0.15) is 23.2 Å². The largest absolute Gasteiger partial charge is 0.339 e. The summed E-state index contributed by atoms with van der Waals surface area (Å²) in [4.78, 5) is 14.1. The van der Waals surface area contributed by atoms with Crippen LogP contribution >= 0.6 is 23.2 Å². The van der Waals surface area contributed by atoms with Gasteiger partial charge in [0.2, 0.25) is 0 Å². The predicted octanol–water partition coefficient (Wildman–Crippen LogP) is 2.82. The first-order valence-corrected chi connectivity index (χ1v) is 6.78. The average molecular weight is 287 g/mol. The molecule has 1 aliphatic rings. The van der Waals surface area contributed by atoms with Crippen LogP contribution in [0.15, 0.2) is 18.2 Å². The SMILES string of the molecule is CNC1CCN(C(=O)c2cc(Cl)cc(Cl)c2)CC1. The maximum atomic E-state index is 12.3. The van der Waals surface area contributed by atoms with Crippen LogP contribution in [0.2, 0.25) is 10.0 Å². The van der Waals surface area contributed by atoms with Gasteiger partial charge in [0.1, 0.15) is 0 Å². The number of halogens is 2. The van der Waals surface area contributed by atoms with Crippen molar-refractivity contribution in [2.75, 3.05) is 20.1 Å². The van der Waals surface area contributed by atoms with Gasteiger partial charge in [0.05, 0.1) is 0 Å². The highest BCUT2D eigenvalue weighted by atomic mass is 35.5. The summed E-state index contributed by atoms with van der Waals surface area (Å²) in [7, 11) is 1.96. The first kappa shape index (κ1) is 13.7. The number of benzene rings is 1. The Hall–Kier alpha value is -0.770. The van der Waals surface area contributed by atoms with Crippen molar-refractivity contribution in [1.82, 2.24) is 10.2 Å². The Labute approximate surface area is 117 Å². The van der Waals surface area contributed by atoms with Crippen molar-refractivity contribution in [3.05, 3.63) is 33.8 Å². The lowest BCUT2D eigenvalue weighted by Gasteiger charge is -2.31. The zero-order chi connectivity index (χ0) is 13.1. The van der Waals surface area contributed by atoms with Gasteiger partial charge in [0.15, 0.2) is 0 Å². The van der Waals surface area contributed by atoms with Crippen LogP contribution in [0.5, 0.6) is 0 Å². The second-order valence-electron chi connectivity index (χ2n) is 4.51. The number of amides is 1. The van der Waals surface area contributed by atoms with E-state index >= 15 is 0 Å². The van der Waals surface area contributed by atoms with Gasteiger partial charge in [-0.2, -0.15) is 0 Å². The number of carbonyl (C=O) groups excluding carboxylic acids is 1. The van der Waals surface area contributed by atoms with Gasteiger partial charge in [-0.3, -0.25) is 4.79 Å². The smallest absolute Gasteiger partial charge is 0.253 e. The topological polar surface area (TPSA) is 32.3 Å². The van der Waals surface area contributed by atoms with E-state index in [-0.39, 0.29) is 5.91 Å². The van der Waals surface area contributed by atoms with Crippen molar-refractivity contribution in [2.45, 2.75) is 18.9 Å². The van der Waals surface area contributed by atoms with Crippen molar-refractivity contribution in [3.8, 4) is 0 Å². The molecule has 1 aromatic rings. The average Bonchev–Trinajstić information content (AvgIpc) is 2.37. The molecule has 1 amide bonds. The molecule has 1 aromatic carbocycles. The summed E-state index contributed by atoms with van der Waals surface area (Å²) in [6.07, 6.45) is 1.97. The molecule has 0 unspecified atom stereocenters. The molecular weight excluding hydrogens is 271 g/mol. The normalized spacial score (nSPS) is 16.9. The summed E-state index contributed by atoms with van der Waals surface area (Å²) in [6.45, 7) is 1.54. The number of nitrogens with zero attached hydrogens (tertiary/aromatic N) is 1. The highest BCUT2D eigenvalue weighted by Gasteiger charge is 2.23. The Balaban J connectivity index is 2.07. The summed E-state index contributed by atoms with van der Waals surface area (Å²) in [5.41, 5.74) is 0.565. The van der Waals surface area contributed by atoms with Crippen LogP contribution < -0.4 is 5.32 Å². The molecular formula is C13H16Cl2N2O. The molecule has 1 heterocycles. The third kappa shape index (κ3) is 3.16. The Morgan fingerprint density at radius 2 is 1.78 bits per heavy atom. The fourth-order valence-electron chi connectivity index (χ4n) is 2.23. The second kappa shape index (κ2) is 5.91. The van der Waals surface area contributed by atoms with Crippen molar-refractivity contribution < 1.29 is 4.79 Å². The van der Waals surface area contributed by atoms with E-state index < -0.39 is 0 Å². The van der Waals surface area contributed by atoms with Crippen LogP contribution in [0.3, 0.4) is 0 Å². The molecule has 5 heteroatoms. The molecule has 1 fully saturated rings. The van der Waals surface area contributed by atoms with Crippen LogP contribution in [0.4, 0.5) is 0 Å². The molecule has 0 aliphatic carbocycles. The van der Waals surface area contributed by atoms with E-state index in [4.69, 9.17) is 23.2 Å². The molecule has 1 N–H and O–H groups in total. The summed E-state index contributed by atoms with van der Waals surface area (Å²) in [5, 5.41) is 4.23. The van der Waals surface area contributed by atoms with Crippen molar-refractivity contribution >= 4 is 29.1 Å². The predicted molar refractivity (Wildman–Crippen MR) is 74.4 cm³/mol.